The zero-order valence-corrected chi connectivity index (χ0v) is 15.2. The maximum absolute atomic E-state index is 12.8. The van der Waals surface area contributed by atoms with Gasteiger partial charge in [-0.3, -0.25) is 14.2 Å². The second kappa shape index (κ2) is 7.68. The first kappa shape index (κ1) is 18.7. The maximum Gasteiger partial charge on any atom is 0.281 e. The molecule has 0 unspecified atom stereocenters. The van der Waals surface area contributed by atoms with E-state index in [9.17, 15) is 20.0 Å². The molecule has 0 atom stereocenters. The Kier molecular flexibility index (Phi) is 5.14. The molecular weight excluding hydrogens is 356 g/mol. The van der Waals surface area contributed by atoms with Crippen molar-refractivity contribution < 1.29 is 9.90 Å². The van der Waals surface area contributed by atoms with Crippen LogP contribution in [0.15, 0.2) is 69.6 Å². The highest BCUT2D eigenvalue weighted by Gasteiger charge is 2.18. The molecule has 0 aliphatic carbocycles. The third-order valence-corrected chi connectivity index (χ3v) is 4.33. The molecule has 1 heterocycles. The highest BCUT2D eigenvalue weighted by Crippen LogP contribution is 2.28. The van der Waals surface area contributed by atoms with Gasteiger partial charge in [0.05, 0.1) is 11.3 Å². The standard InChI is InChI=1S/C21H16N4O3/c1-13-16(12-22)20(27)25(2)21(28)18(13)24-23-17-11-7-6-10-15(17)19(26)14-8-4-3-5-9-14/h3-11,27H,1-2H3. The van der Waals surface area contributed by atoms with E-state index in [-0.39, 0.29) is 22.6 Å². The van der Waals surface area contributed by atoms with E-state index >= 15 is 0 Å². The number of azo groups is 1. The molecular formula is C21H16N4O3. The second-order valence-corrected chi connectivity index (χ2v) is 6.06. The smallest absolute Gasteiger partial charge is 0.281 e. The number of rotatable bonds is 4. The van der Waals surface area contributed by atoms with Crippen LogP contribution in [0.5, 0.6) is 5.88 Å². The minimum Gasteiger partial charge on any atom is -0.493 e. The summed E-state index contributed by atoms with van der Waals surface area (Å²) in [6, 6.07) is 17.3. The summed E-state index contributed by atoms with van der Waals surface area (Å²) < 4.78 is 0.931. The van der Waals surface area contributed by atoms with Crippen LogP contribution in [-0.4, -0.2) is 15.5 Å². The molecule has 0 fully saturated rings. The summed E-state index contributed by atoms with van der Waals surface area (Å²) in [6.07, 6.45) is 0. The number of ketones is 1. The summed E-state index contributed by atoms with van der Waals surface area (Å²) in [7, 11) is 1.34. The minimum absolute atomic E-state index is 0.0512. The van der Waals surface area contributed by atoms with Crippen molar-refractivity contribution in [2.75, 3.05) is 0 Å². The van der Waals surface area contributed by atoms with E-state index in [0.29, 0.717) is 16.8 Å². The summed E-state index contributed by atoms with van der Waals surface area (Å²) in [4.78, 5) is 25.2. The molecule has 1 aromatic heterocycles. The third-order valence-electron chi connectivity index (χ3n) is 4.33. The fourth-order valence-corrected chi connectivity index (χ4v) is 2.72. The first-order valence-corrected chi connectivity index (χ1v) is 8.39. The Morgan fingerprint density at radius 3 is 2.39 bits per heavy atom. The maximum atomic E-state index is 12.8. The summed E-state index contributed by atoms with van der Waals surface area (Å²) in [5, 5.41) is 27.3. The predicted molar refractivity (Wildman–Crippen MR) is 103 cm³/mol. The van der Waals surface area contributed by atoms with Crippen molar-refractivity contribution in [2.45, 2.75) is 6.92 Å². The number of nitrogens with zero attached hydrogens (tertiary/aromatic N) is 4. The van der Waals surface area contributed by atoms with E-state index in [0.717, 1.165) is 4.57 Å². The molecule has 0 amide bonds. The molecule has 3 aromatic rings. The Labute approximate surface area is 160 Å². The zero-order chi connectivity index (χ0) is 20.3. The van der Waals surface area contributed by atoms with Crippen molar-refractivity contribution in [3.05, 3.63) is 87.2 Å². The number of hydrogen-bond donors (Lipinski definition) is 1. The van der Waals surface area contributed by atoms with Crippen molar-refractivity contribution in [1.29, 1.82) is 5.26 Å². The van der Waals surface area contributed by atoms with Crippen LogP contribution in [-0.2, 0) is 7.05 Å². The molecule has 0 saturated heterocycles. The number of carbonyl (C=O) groups is 1. The van der Waals surface area contributed by atoms with Crippen molar-refractivity contribution in [1.82, 2.24) is 4.57 Å². The molecule has 3 rings (SSSR count). The zero-order valence-electron chi connectivity index (χ0n) is 15.2. The average Bonchev–Trinajstić information content (AvgIpc) is 2.73. The largest absolute Gasteiger partial charge is 0.493 e. The SMILES string of the molecule is Cc1c(C#N)c(O)n(C)c(=O)c1N=Nc1ccccc1C(=O)c1ccccc1. The molecule has 7 heteroatoms. The van der Waals surface area contributed by atoms with Gasteiger partial charge in [-0.1, -0.05) is 42.5 Å². The highest BCUT2D eigenvalue weighted by molar-refractivity contribution is 6.11. The van der Waals surface area contributed by atoms with Gasteiger partial charge >= 0.3 is 0 Å². The van der Waals surface area contributed by atoms with Gasteiger partial charge in [-0.05, 0) is 19.1 Å². The number of nitriles is 1. The van der Waals surface area contributed by atoms with Crippen LogP contribution in [0.4, 0.5) is 11.4 Å². The molecule has 0 spiro atoms. The van der Waals surface area contributed by atoms with Gasteiger partial charge in [0.25, 0.3) is 5.56 Å². The molecule has 138 valence electrons. The lowest BCUT2D eigenvalue weighted by molar-refractivity contribution is 0.103. The molecule has 1 N–H and O–H groups in total. The van der Waals surface area contributed by atoms with Gasteiger partial charge in [0.2, 0.25) is 5.88 Å². The van der Waals surface area contributed by atoms with E-state index in [1.165, 1.54) is 14.0 Å². The molecule has 2 aromatic carbocycles. The highest BCUT2D eigenvalue weighted by atomic mass is 16.3. The lowest BCUT2D eigenvalue weighted by Crippen LogP contribution is -2.18. The lowest BCUT2D eigenvalue weighted by Gasteiger charge is -2.08. The molecule has 0 bridgehead atoms. The van der Waals surface area contributed by atoms with Gasteiger partial charge in [-0.15, -0.1) is 10.2 Å². The number of hydrogen-bond acceptors (Lipinski definition) is 6. The van der Waals surface area contributed by atoms with Crippen molar-refractivity contribution in [3.63, 3.8) is 0 Å². The fourth-order valence-electron chi connectivity index (χ4n) is 2.72. The van der Waals surface area contributed by atoms with Crippen LogP contribution in [0, 0.1) is 18.3 Å². The van der Waals surface area contributed by atoms with E-state index < -0.39 is 11.4 Å². The molecule has 0 saturated carbocycles. The second-order valence-electron chi connectivity index (χ2n) is 6.06. The van der Waals surface area contributed by atoms with Crippen LogP contribution in [0.25, 0.3) is 0 Å². The Hall–Kier alpha value is -4.05. The average molecular weight is 372 g/mol. The predicted octanol–water partition coefficient (Wildman–Crippen LogP) is 3.92. The van der Waals surface area contributed by atoms with Gasteiger partial charge in [0.15, 0.2) is 11.5 Å². The quantitative estimate of drug-likeness (QED) is 0.553. The van der Waals surface area contributed by atoms with Crippen molar-refractivity contribution in [2.24, 2.45) is 17.3 Å². The van der Waals surface area contributed by atoms with E-state index in [1.54, 1.807) is 48.5 Å². The van der Waals surface area contributed by atoms with Gasteiger partial charge in [0, 0.05) is 18.2 Å². The van der Waals surface area contributed by atoms with Gasteiger partial charge < -0.3 is 5.11 Å². The fraction of sp³-hybridized carbons (Fsp3) is 0.0952. The van der Waals surface area contributed by atoms with Gasteiger partial charge in [0.1, 0.15) is 11.6 Å². The summed E-state index contributed by atoms with van der Waals surface area (Å²) in [5.74, 6) is -0.646. The van der Waals surface area contributed by atoms with Crippen LogP contribution >= 0.6 is 0 Å². The topological polar surface area (TPSA) is 108 Å². The minimum atomic E-state index is -0.593. The molecule has 7 nitrogen and oxygen atoms in total. The Balaban J connectivity index is 2.09. The number of aromatic nitrogens is 1. The lowest BCUT2D eigenvalue weighted by atomic mass is 10.0. The van der Waals surface area contributed by atoms with Gasteiger partial charge in [-0.25, -0.2) is 0 Å². The first-order chi connectivity index (χ1) is 13.5. The molecule has 0 aliphatic heterocycles. The Morgan fingerprint density at radius 2 is 1.71 bits per heavy atom. The Morgan fingerprint density at radius 1 is 1.07 bits per heavy atom. The van der Waals surface area contributed by atoms with Crippen LogP contribution in [0.1, 0.15) is 27.0 Å². The normalized spacial score (nSPS) is 10.8. The monoisotopic (exact) mass is 372 g/mol. The molecule has 0 radical (unpaired) electrons. The number of carbonyl (C=O) groups excluding carboxylic acids is 1. The summed E-state index contributed by atoms with van der Waals surface area (Å²) >= 11 is 0. The van der Waals surface area contributed by atoms with E-state index in [2.05, 4.69) is 10.2 Å². The summed E-state index contributed by atoms with van der Waals surface area (Å²) in [6.45, 7) is 1.51. The van der Waals surface area contributed by atoms with E-state index in [1.807, 2.05) is 12.1 Å². The third kappa shape index (κ3) is 3.31. The first-order valence-electron chi connectivity index (χ1n) is 8.39. The molecule has 28 heavy (non-hydrogen) atoms. The summed E-state index contributed by atoms with van der Waals surface area (Å²) in [5.41, 5.74) is 0.649. The van der Waals surface area contributed by atoms with E-state index in [4.69, 9.17) is 0 Å². The van der Waals surface area contributed by atoms with Crippen molar-refractivity contribution >= 4 is 17.2 Å². The number of pyridine rings is 1. The Bertz CT molecular complexity index is 1190. The van der Waals surface area contributed by atoms with Crippen molar-refractivity contribution in [3.8, 4) is 11.9 Å². The van der Waals surface area contributed by atoms with Gasteiger partial charge in [-0.2, -0.15) is 5.26 Å². The van der Waals surface area contributed by atoms with Crippen LogP contribution < -0.4 is 5.56 Å². The number of benzene rings is 2. The number of aromatic hydroxyl groups is 1. The van der Waals surface area contributed by atoms with Crippen LogP contribution in [0.2, 0.25) is 0 Å². The van der Waals surface area contributed by atoms with Crippen LogP contribution in [0.3, 0.4) is 0 Å². The molecule has 0 aliphatic rings.